The van der Waals surface area contributed by atoms with Crippen LogP contribution >= 0.6 is 0 Å². The molecule has 0 amide bonds. The van der Waals surface area contributed by atoms with Crippen molar-refractivity contribution in [3.8, 4) is 0 Å². The van der Waals surface area contributed by atoms with Crippen LogP contribution in [0.25, 0.3) is 0 Å². The predicted octanol–water partition coefficient (Wildman–Crippen LogP) is 2.75. The lowest BCUT2D eigenvalue weighted by atomic mass is 9.95. The monoisotopic (exact) mass is 291 g/mol. The minimum atomic E-state index is -0.968. The number of carboxylic acid groups (broad SMARTS) is 1. The smallest absolute Gasteiger partial charge is 0.317 e. The average Bonchev–Trinajstić information content (AvgIpc) is 3.00. The van der Waals surface area contributed by atoms with Crippen LogP contribution < -0.4 is 5.73 Å². The van der Waals surface area contributed by atoms with Crippen LogP contribution in [0.2, 0.25) is 0 Å². The Morgan fingerprint density at radius 2 is 1.86 bits per heavy atom. The Bertz CT molecular complexity index is 436. The normalized spacial score (nSPS) is 15.9. The third-order valence-corrected chi connectivity index (χ3v) is 3.88. The van der Waals surface area contributed by atoms with Crippen molar-refractivity contribution in [1.29, 1.82) is 0 Å². The van der Waals surface area contributed by atoms with Crippen molar-refractivity contribution in [2.24, 2.45) is 11.7 Å². The Balaban J connectivity index is 0.000000383. The summed E-state index contributed by atoms with van der Waals surface area (Å²) in [5, 5.41) is 7.60. The van der Waals surface area contributed by atoms with E-state index < -0.39 is 5.97 Å². The molecule has 0 spiro atoms. The first-order valence-corrected chi connectivity index (χ1v) is 7.52. The fourth-order valence-electron chi connectivity index (χ4n) is 2.58. The molecular weight excluding hydrogens is 266 g/mol. The molecule has 0 radical (unpaired) electrons. The molecule has 3 N–H and O–H groups in total. The number of aldehydes is 1. The number of benzene rings is 1. The van der Waals surface area contributed by atoms with Crippen LogP contribution in [-0.4, -0.2) is 23.9 Å². The molecule has 1 aliphatic rings. The zero-order valence-corrected chi connectivity index (χ0v) is 12.6. The fraction of sp³-hybridized carbons (Fsp3) is 0.529. The molecule has 1 fully saturated rings. The second kappa shape index (κ2) is 9.29. The first-order chi connectivity index (χ1) is 10.1. The highest BCUT2D eigenvalue weighted by Crippen LogP contribution is 2.28. The summed E-state index contributed by atoms with van der Waals surface area (Å²) in [5.74, 6) is -0.0418. The highest BCUT2D eigenvalue weighted by molar-refractivity contribution is 5.68. The van der Waals surface area contributed by atoms with Gasteiger partial charge in [-0.1, -0.05) is 56.9 Å². The summed E-state index contributed by atoms with van der Waals surface area (Å²) in [6.45, 7) is 1.67. The van der Waals surface area contributed by atoms with Crippen molar-refractivity contribution in [1.82, 2.24) is 0 Å². The van der Waals surface area contributed by atoms with E-state index in [-0.39, 0.29) is 12.5 Å². The lowest BCUT2D eigenvalue weighted by Gasteiger charge is -2.10. The molecule has 0 aliphatic heterocycles. The number of carbonyl (C=O) groups excluding carboxylic acids is 1. The minimum Gasteiger partial charge on any atom is -0.480 e. The highest BCUT2D eigenvalue weighted by atomic mass is 16.4. The standard InChI is InChI=1S/C15H20O.C2H5NO2/c1-12(11-16)15-8-6-14(7-9-15)10-13-4-2-3-5-13;3-1-2(4)5/h6-9,11-13H,2-5,10H2,1H3;1,3H2,(H,4,5). The molecule has 0 bridgehead atoms. The van der Waals surface area contributed by atoms with E-state index in [1.807, 2.05) is 6.92 Å². The van der Waals surface area contributed by atoms with Gasteiger partial charge in [-0.05, 0) is 23.5 Å². The van der Waals surface area contributed by atoms with Gasteiger partial charge in [0.1, 0.15) is 6.29 Å². The van der Waals surface area contributed by atoms with Crippen molar-refractivity contribution in [2.75, 3.05) is 6.54 Å². The average molecular weight is 291 g/mol. The van der Waals surface area contributed by atoms with E-state index in [1.54, 1.807) is 0 Å². The van der Waals surface area contributed by atoms with Crippen molar-refractivity contribution >= 4 is 12.3 Å². The lowest BCUT2D eigenvalue weighted by Crippen LogP contribution is -2.10. The molecule has 21 heavy (non-hydrogen) atoms. The number of nitrogens with two attached hydrogens (primary N) is 1. The first kappa shape index (κ1) is 17.4. The number of hydrogen-bond acceptors (Lipinski definition) is 3. The Labute approximate surface area is 126 Å². The van der Waals surface area contributed by atoms with Gasteiger partial charge in [0.25, 0.3) is 0 Å². The van der Waals surface area contributed by atoms with Crippen molar-refractivity contribution in [3.63, 3.8) is 0 Å². The molecule has 1 aromatic carbocycles. The van der Waals surface area contributed by atoms with Gasteiger partial charge in [0.15, 0.2) is 0 Å². The van der Waals surface area contributed by atoms with Crippen molar-refractivity contribution < 1.29 is 14.7 Å². The van der Waals surface area contributed by atoms with E-state index in [2.05, 4.69) is 30.0 Å². The van der Waals surface area contributed by atoms with Gasteiger partial charge in [-0.3, -0.25) is 4.79 Å². The Kier molecular flexibility index (Phi) is 7.69. The van der Waals surface area contributed by atoms with E-state index >= 15 is 0 Å². The van der Waals surface area contributed by atoms with E-state index in [0.717, 1.165) is 17.8 Å². The van der Waals surface area contributed by atoms with Crippen LogP contribution in [0, 0.1) is 5.92 Å². The zero-order chi connectivity index (χ0) is 15.7. The van der Waals surface area contributed by atoms with Crippen LogP contribution in [0.4, 0.5) is 0 Å². The third-order valence-electron chi connectivity index (χ3n) is 3.88. The summed E-state index contributed by atoms with van der Waals surface area (Å²) in [5.41, 5.74) is 7.13. The van der Waals surface area contributed by atoms with Crippen LogP contribution in [0.15, 0.2) is 24.3 Å². The molecule has 0 heterocycles. The van der Waals surface area contributed by atoms with Gasteiger partial charge >= 0.3 is 5.97 Å². The van der Waals surface area contributed by atoms with E-state index in [0.29, 0.717) is 0 Å². The van der Waals surface area contributed by atoms with Gasteiger partial charge < -0.3 is 15.6 Å². The topological polar surface area (TPSA) is 80.4 Å². The molecule has 1 atom stereocenters. The zero-order valence-electron chi connectivity index (χ0n) is 12.6. The summed E-state index contributed by atoms with van der Waals surface area (Å²) in [6, 6.07) is 8.58. The molecule has 1 unspecified atom stereocenters. The molecule has 116 valence electrons. The molecule has 4 nitrogen and oxygen atoms in total. The molecule has 1 aliphatic carbocycles. The molecule has 1 saturated carbocycles. The van der Waals surface area contributed by atoms with E-state index in [1.165, 1.54) is 37.7 Å². The SMILES string of the molecule is CC(C=O)c1ccc(CC2CCCC2)cc1.NCC(=O)O. The predicted molar refractivity (Wildman–Crippen MR) is 83.3 cm³/mol. The third kappa shape index (κ3) is 6.54. The highest BCUT2D eigenvalue weighted by Gasteiger charge is 2.15. The fourth-order valence-corrected chi connectivity index (χ4v) is 2.58. The second-order valence-electron chi connectivity index (χ2n) is 5.62. The maximum atomic E-state index is 10.7. The van der Waals surface area contributed by atoms with Gasteiger partial charge in [-0.15, -0.1) is 0 Å². The maximum absolute atomic E-state index is 10.7. The van der Waals surface area contributed by atoms with E-state index in [9.17, 15) is 9.59 Å². The van der Waals surface area contributed by atoms with Crippen LogP contribution in [0.1, 0.15) is 49.7 Å². The van der Waals surface area contributed by atoms with Crippen LogP contribution in [0.3, 0.4) is 0 Å². The van der Waals surface area contributed by atoms with Crippen molar-refractivity contribution in [2.45, 2.75) is 44.9 Å². The summed E-state index contributed by atoms with van der Waals surface area (Å²) < 4.78 is 0. The van der Waals surface area contributed by atoms with Gasteiger partial charge in [-0.25, -0.2) is 0 Å². The molecule has 0 aromatic heterocycles. The molecular formula is C17H25NO3. The second-order valence-corrected chi connectivity index (χ2v) is 5.62. The summed E-state index contributed by atoms with van der Waals surface area (Å²) in [7, 11) is 0. The Hall–Kier alpha value is -1.68. The van der Waals surface area contributed by atoms with Gasteiger partial charge in [0, 0.05) is 5.92 Å². The van der Waals surface area contributed by atoms with Crippen LogP contribution in [-0.2, 0) is 16.0 Å². The quantitative estimate of drug-likeness (QED) is 0.817. The van der Waals surface area contributed by atoms with E-state index in [4.69, 9.17) is 5.11 Å². The largest absolute Gasteiger partial charge is 0.480 e. The number of carbonyl (C=O) groups is 2. The number of rotatable bonds is 5. The number of carboxylic acids is 1. The summed E-state index contributed by atoms with van der Waals surface area (Å²) in [4.78, 5) is 19.9. The van der Waals surface area contributed by atoms with Gasteiger partial charge in [0.2, 0.25) is 0 Å². The Morgan fingerprint density at radius 1 is 1.33 bits per heavy atom. The van der Waals surface area contributed by atoms with Gasteiger partial charge in [-0.2, -0.15) is 0 Å². The molecule has 1 aromatic rings. The summed E-state index contributed by atoms with van der Waals surface area (Å²) in [6.07, 6.45) is 7.83. The lowest BCUT2D eigenvalue weighted by molar-refractivity contribution is -0.135. The maximum Gasteiger partial charge on any atom is 0.317 e. The Morgan fingerprint density at radius 3 is 2.29 bits per heavy atom. The van der Waals surface area contributed by atoms with Crippen LogP contribution in [0.5, 0.6) is 0 Å². The number of aliphatic carboxylic acids is 1. The molecule has 2 rings (SSSR count). The number of hydrogen-bond donors (Lipinski definition) is 2. The molecule has 4 heteroatoms. The first-order valence-electron chi connectivity index (χ1n) is 7.52. The minimum absolute atomic E-state index is 0.0283. The van der Waals surface area contributed by atoms with Crippen molar-refractivity contribution in [3.05, 3.63) is 35.4 Å². The van der Waals surface area contributed by atoms with Gasteiger partial charge in [0.05, 0.1) is 6.54 Å². The molecule has 0 saturated heterocycles. The summed E-state index contributed by atoms with van der Waals surface area (Å²) >= 11 is 0.